The number of halogens is 1. The van der Waals surface area contributed by atoms with Crippen molar-refractivity contribution in [3.05, 3.63) is 15.7 Å². The standard InChI is InChI=1S/C18H32IN3OSi/c1-12(2)14(23-24(6,7)16(3,4)5)15-21-13(19)8-22(15)18-9-17(20,10-18)11-18/h8,12,14H,9-11,20H2,1-7H3. The first kappa shape index (κ1) is 18.9. The van der Waals surface area contributed by atoms with Crippen LogP contribution < -0.4 is 5.73 Å². The number of rotatable bonds is 5. The summed E-state index contributed by atoms with van der Waals surface area (Å²) in [5, 5.41) is 0.197. The molecule has 1 aromatic rings. The molecule has 4 rings (SSSR count). The van der Waals surface area contributed by atoms with Crippen LogP contribution in [0.15, 0.2) is 6.20 Å². The summed E-state index contributed by atoms with van der Waals surface area (Å²) >= 11 is 2.33. The first-order valence-electron chi connectivity index (χ1n) is 9.01. The third kappa shape index (κ3) is 2.91. The van der Waals surface area contributed by atoms with Gasteiger partial charge in [-0.15, -0.1) is 0 Å². The van der Waals surface area contributed by atoms with Gasteiger partial charge in [0.2, 0.25) is 0 Å². The van der Waals surface area contributed by atoms with Gasteiger partial charge in [-0.2, -0.15) is 0 Å². The topological polar surface area (TPSA) is 53.1 Å². The van der Waals surface area contributed by atoms with Crippen molar-refractivity contribution < 1.29 is 4.43 Å². The maximum absolute atomic E-state index is 6.83. The lowest BCUT2D eigenvalue weighted by atomic mass is 9.44. The lowest BCUT2D eigenvalue weighted by Gasteiger charge is -2.69. The van der Waals surface area contributed by atoms with Crippen LogP contribution in [0.2, 0.25) is 18.1 Å². The largest absolute Gasteiger partial charge is 0.406 e. The van der Waals surface area contributed by atoms with E-state index in [9.17, 15) is 0 Å². The Morgan fingerprint density at radius 1 is 1.29 bits per heavy atom. The summed E-state index contributed by atoms with van der Waals surface area (Å²) in [6, 6.07) is 0. The van der Waals surface area contributed by atoms with Crippen LogP contribution in [-0.2, 0) is 9.96 Å². The Bertz CT molecular complexity index is 627. The highest BCUT2D eigenvalue weighted by Crippen LogP contribution is 2.64. The van der Waals surface area contributed by atoms with E-state index in [-0.39, 0.29) is 22.2 Å². The fraction of sp³-hybridized carbons (Fsp3) is 0.833. The number of imidazole rings is 1. The molecule has 24 heavy (non-hydrogen) atoms. The highest BCUT2D eigenvalue weighted by Gasteiger charge is 2.67. The molecular formula is C18H32IN3OSi. The van der Waals surface area contributed by atoms with Crippen molar-refractivity contribution in [1.82, 2.24) is 9.55 Å². The number of nitrogens with two attached hydrogens (primary N) is 1. The Balaban J connectivity index is 1.93. The number of aromatic nitrogens is 2. The summed E-state index contributed by atoms with van der Waals surface area (Å²) in [7, 11) is -1.86. The van der Waals surface area contributed by atoms with Gasteiger partial charge in [-0.25, -0.2) is 4.98 Å². The third-order valence-electron chi connectivity index (χ3n) is 6.35. The van der Waals surface area contributed by atoms with E-state index in [2.05, 4.69) is 81.1 Å². The zero-order valence-corrected chi connectivity index (χ0v) is 19.3. The molecular weight excluding hydrogens is 429 g/mol. The van der Waals surface area contributed by atoms with Gasteiger partial charge in [0.1, 0.15) is 15.6 Å². The Labute approximate surface area is 161 Å². The Hall–Kier alpha value is 0.0769. The summed E-state index contributed by atoms with van der Waals surface area (Å²) in [6.07, 6.45) is 5.52. The van der Waals surface area contributed by atoms with E-state index in [1.54, 1.807) is 0 Å². The maximum atomic E-state index is 6.83. The van der Waals surface area contributed by atoms with Gasteiger partial charge in [-0.05, 0) is 65.9 Å². The SMILES string of the molecule is CC(C)C(O[Si](C)(C)C(C)(C)C)c1nc(I)cn1C12CC(N)(C1)C2. The highest BCUT2D eigenvalue weighted by molar-refractivity contribution is 14.1. The normalized spacial score (nSPS) is 30.9. The van der Waals surface area contributed by atoms with Gasteiger partial charge in [-0.3, -0.25) is 0 Å². The second-order valence-electron chi connectivity index (χ2n) is 9.95. The number of hydrogen-bond donors (Lipinski definition) is 1. The van der Waals surface area contributed by atoms with Gasteiger partial charge in [-0.1, -0.05) is 34.6 Å². The summed E-state index contributed by atoms with van der Waals surface area (Å²) in [5.41, 5.74) is 6.61. The van der Waals surface area contributed by atoms with Crippen LogP contribution in [0.4, 0.5) is 0 Å². The van der Waals surface area contributed by atoms with Crippen LogP contribution in [0.3, 0.4) is 0 Å². The van der Waals surface area contributed by atoms with Gasteiger partial charge in [0.25, 0.3) is 0 Å². The van der Waals surface area contributed by atoms with Crippen molar-refractivity contribution in [2.24, 2.45) is 11.7 Å². The minimum atomic E-state index is -1.86. The van der Waals surface area contributed by atoms with E-state index in [1.165, 1.54) is 0 Å². The Morgan fingerprint density at radius 3 is 2.25 bits per heavy atom. The zero-order valence-electron chi connectivity index (χ0n) is 16.1. The summed E-state index contributed by atoms with van der Waals surface area (Å²) in [4.78, 5) is 4.90. The van der Waals surface area contributed by atoms with Crippen molar-refractivity contribution in [3.8, 4) is 0 Å². The van der Waals surface area contributed by atoms with Gasteiger partial charge >= 0.3 is 0 Å². The first-order valence-corrected chi connectivity index (χ1v) is 13.0. The van der Waals surface area contributed by atoms with Gasteiger partial charge in [0, 0.05) is 11.7 Å². The summed E-state index contributed by atoms with van der Waals surface area (Å²) in [5.74, 6) is 1.51. The first-order chi connectivity index (χ1) is 10.8. The van der Waals surface area contributed by atoms with E-state index in [0.717, 1.165) is 28.8 Å². The molecule has 2 bridgehead atoms. The molecule has 1 heterocycles. The molecule has 1 atom stereocenters. The number of nitrogens with zero attached hydrogens (tertiary/aromatic N) is 2. The van der Waals surface area contributed by atoms with E-state index in [1.807, 2.05) is 0 Å². The average molecular weight is 461 g/mol. The molecule has 0 aliphatic heterocycles. The zero-order chi connectivity index (χ0) is 18.1. The van der Waals surface area contributed by atoms with Crippen molar-refractivity contribution >= 4 is 30.9 Å². The Morgan fingerprint density at radius 2 is 1.83 bits per heavy atom. The predicted molar refractivity (Wildman–Crippen MR) is 110 cm³/mol. The molecule has 6 heteroatoms. The van der Waals surface area contributed by atoms with Crippen molar-refractivity contribution in [1.29, 1.82) is 0 Å². The molecule has 3 saturated carbocycles. The van der Waals surface area contributed by atoms with E-state index < -0.39 is 8.32 Å². The van der Waals surface area contributed by atoms with Crippen LogP contribution >= 0.6 is 22.6 Å². The predicted octanol–water partition coefficient (Wildman–Crippen LogP) is 4.80. The molecule has 3 aliphatic carbocycles. The molecule has 4 nitrogen and oxygen atoms in total. The van der Waals surface area contributed by atoms with E-state index >= 15 is 0 Å². The minimum Gasteiger partial charge on any atom is -0.406 e. The van der Waals surface area contributed by atoms with Gasteiger partial charge < -0.3 is 14.7 Å². The van der Waals surface area contributed by atoms with Crippen molar-refractivity contribution in [2.75, 3.05) is 0 Å². The molecule has 0 aromatic carbocycles. The van der Waals surface area contributed by atoms with Crippen molar-refractivity contribution in [3.63, 3.8) is 0 Å². The molecule has 1 aromatic heterocycles. The number of hydrogen-bond acceptors (Lipinski definition) is 3. The molecule has 0 spiro atoms. The van der Waals surface area contributed by atoms with Crippen LogP contribution in [0, 0.1) is 9.62 Å². The minimum absolute atomic E-state index is 0.0529. The lowest BCUT2D eigenvalue weighted by molar-refractivity contribution is -0.119. The van der Waals surface area contributed by atoms with Crippen LogP contribution in [-0.4, -0.2) is 23.4 Å². The molecule has 1 unspecified atom stereocenters. The van der Waals surface area contributed by atoms with Crippen LogP contribution in [0.1, 0.15) is 65.8 Å². The third-order valence-corrected chi connectivity index (χ3v) is 11.3. The van der Waals surface area contributed by atoms with Gasteiger partial charge in [0.15, 0.2) is 8.32 Å². The molecule has 136 valence electrons. The maximum Gasteiger partial charge on any atom is 0.193 e. The molecule has 3 aliphatic rings. The smallest absolute Gasteiger partial charge is 0.193 e. The second kappa shape index (κ2) is 5.54. The monoisotopic (exact) mass is 461 g/mol. The quantitative estimate of drug-likeness (QED) is 0.507. The summed E-state index contributed by atoms with van der Waals surface area (Å²) < 4.78 is 10.3. The van der Waals surface area contributed by atoms with Crippen molar-refractivity contribution in [2.45, 2.75) is 89.2 Å². The lowest BCUT2D eigenvalue weighted by Crippen LogP contribution is -2.76. The van der Waals surface area contributed by atoms with Crippen LogP contribution in [0.25, 0.3) is 0 Å². The Kier molecular flexibility index (Phi) is 4.35. The second-order valence-corrected chi connectivity index (χ2v) is 15.8. The van der Waals surface area contributed by atoms with Gasteiger partial charge in [0.05, 0.1) is 5.54 Å². The van der Waals surface area contributed by atoms with E-state index in [4.69, 9.17) is 15.1 Å². The average Bonchev–Trinajstić information content (AvgIpc) is 2.71. The molecule has 3 fully saturated rings. The molecule has 0 amide bonds. The molecule has 0 radical (unpaired) electrons. The highest BCUT2D eigenvalue weighted by atomic mass is 127. The summed E-state index contributed by atoms with van der Waals surface area (Å²) in [6.45, 7) is 16.0. The van der Waals surface area contributed by atoms with Crippen LogP contribution in [0.5, 0.6) is 0 Å². The fourth-order valence-corrected chi connectivity index (χ4v) is 5.88. The molecule has 0 saturated heterocycles. The molecule has 2 N–H and O–H groups in total. The van der Waals surface area contributed by atoms with E-state index in [0.29, 0.717) is 5.92 Å². The fourth-order valence-electron chi connectivity index (χ4n) is 3.99.